The molecule has 3 nitrogen and oxygen atoms in total. The molecular weight excluding hydrogens is 250 g/mol. The number of halogens is 2. The van der Waals surface area contributed by atoms with E-state index in [9.17, 15) is 8.78 Å². The molecule has 0 heterocycles. The van der Waals surface area contributed by atoms with Crippen molar-refractivity contribution in [3.63, 3.8) is 0 Å². The number of ether oxygens (including phenoxy) is 1. The van der Waals surface area contributed by atoms with Gasteiger partial charge in [0, 0.05) is 25.3 Å². The average Bonchev–Trinajstić information content (AvgIpc) is 2.39. The topological polar surface area (TPSA) is 38.5 Å². The van der Waals surface area contributed by atoms with Crippen LogP contribution in [0.25, 0.3) is 0 Å². The molecule has 0 aromatic heterocycles. The molecule has 1 aromatic carbocycles. The van der Waals surface area contributed by atoms with Gasteiger partial charge in [0.2, 0.25) is 0 Å². The van der Waals surface area contributed by atoms with E-state index in [2.05, 4.69) is 0 Å². The van der Waals surface area contributed by atoms with Gasteiger partial charge in [-0.05, 0) is 31.7 Å². The second kappa shape index (κ2) is 7.53. The second-order valence-corrected chi connectivity index (χ2v) is 4.55. The van der Waals surface area contributed by atoms with Crippen molar-refractivity contribution in [2.75, 3.05) is 26.8 Å². The highest BCUT2D eigenvalue weighted by atomic mass is 19.1. The first-order valence-corrected chi connectivity index (χ1v) is 6.44. The third-order valence-corrected chi connectivity index (χ3v) is 3.28. The normalized spacial score (nSPS) is 14.7. The van der Waals surface area contributed by atoms with Gasteiger partial charge in [-0.2, -0.15) is 0 Å². The van der Waals surface area contributed by atoms with Crippen molar-refractivity contribution < 1.29 is 13.5 Å². The maximum absolute atomic E-state index is 13.9. The van der Waals surface area contributed by atoms with Gasteiger partial charge in [-0.25, -0.2) is 8.78 Å². The number of benzene rings is 1. The maximum atomic E-state index is 13.9. The van der Waals surface area contributed by atoms with Crippen LogP contribution in [0.4, 0.5) is 8.78 Å². The fraction of sp³-hybridized carbons (Fsp3) is 0.571. The fourth-order valence-corrected chi connectivity index (χ4v) is 2.39. The molecule has 2 atom stereocenters. The van der Waals surface area contributed by atoms with E-state index in [1.54, 1.807) is 7.11 Å². The van der Waals surface area contributed by atoms with Crippen LogP contribution < -0.4 is 5.73 Å². The Morgan fingerprint density at radius 3 is 2.58 bits per heavy atom. The number of nitrogens with two attached hydrogens (primary N) is 1. The SMILES string of the molecule is CCN(C(C)COC)C(CN)c1cc(F)ccc1F. The average molecular weight is 272 g/mol. The van der Waals surface area contributed by atoms with E-state index in [0.717, 1.165) is 12.1 Å². The summed E-state index contributed by atoms with van der Waals surface area (Å²) in [5, 5.41) is 0. The first kappa shape index (κ1) is 16.0. The summed E-state index contributed by atoms with van der Waals surface area (Å²) in [6, 6.07) is 3.19. The summed E-state index contributed by atoms with van der Waals surface area (Å²) in [4.78, 5) is 2.02. The van der Waals surface area contributed by atoms with E-state index in [1.807, 2.05) is 18.7 Å². The molecule has 0 saturated heterocycles. The van der Waals surface area contributed by atoms with E-state index in [4.69, 9.17) is 10.5 Å². The van der Waals surface area contributed by atoms with Gasteiger partial charge in [0.15, 0.2) is 0 Å². The molecule has 2 unspecified atom stereocenters. The summed E-state index contributed by atoms with van der Waals surface area (Å²) in [5.74, 6) is -0.884. The van der Waals surface area contributed by atoms with Gasteiger partial charge in [0.05, 0.1) is 12.6 Å². The van der Waals surface area contributed by atoms with Crippen LogP contribution in [0.3, 0.4) is 0 Å². The zero-order chi connectivity index (χ0) is 14.4. The van der Waals surface area contributed by atoms with Crippen molar-refractivity contribution in [2.45, 2.75) is 25.9 Å². The van der Waals surface area contributed by atoms with E-state index >= 15 is 0 Å². The highest BCUT2D eigenvalue weighted by molar-refractivity contribution is 5.23. The van der Waals surface area contributed by atoms with Crippen molar-refractivity contribution in [3.8, 4) is 0 Å². The molecule has 0 aliphatic heterocycles. The van der Waals surface area contributed by atoms with Crippen molar-refractivity contribution in [2.24, 2.45) is 5.73 Å². The quantitative estimate of drug-likeness (QED) is 0.828. The van der Waals surface area contributed by atoms with Crippen LogP contribution in [0.1, 0.15) is 25.5 Å². The standard InChI is InChI=1S/C14H22F2N2O/c1-4-18(10(2)9-19-3)14(8-17)12-7-11(15)5-6-13(12)16/h5-7,10,14H,4,8-9,17H2,1-3H3. The van der Waals surface area contributed by atoms with Crippen molar-refractivity contribution in [1.29, 1.82) is 0 Å². The lowest BCUT2D eigenvalue weighted by Gasteiger charge is -2.35. The lowest BCUT2D eigenvalue weighted by atomic mass is 10.0. The largest absolute Gasteiger partial charge is 0.383 e. The van der Waals surface area contributed by atoms with Crippen LogP contribution in [0.15, 0.2) is 18.2 Å². The molecule has 0 saturated carbocycles. The fourth-order valence-electron chi connectivity index (χ4n) is 2.39. The molecule has 108 valence electrons. The Hall–Kier alpha value is -1.04. The molecule has 0 radical (unpaired) electrons. The number of hydrogen-bond donors (Lipinski definition) is 1. The molecule has 0 amide bonds. The summed E-state index contributed by atoms with van der Waals surface area (Å²) >= 11 is 0. The van der Waals surface area contributed by atoms with Gasteiger partial charge in [-0.1, -0.05) is 6.92 Å². The predicted octanol–water partition coefficient (Wildman–Crippen LogP) is 2.32. The Morgan fingerprint density at radius 2 is 2.05 bits per heavy atom. The highest BCUT2D eigenvalue weighted by Gasteiger charge is 2.25. The molecule has 1 rings (SSSR count). The molecule has 0 fully saturated rings. The Kier molecular flexibility index (Phi) is 6.34. The minimum absolute atomic E-state index is 0.0752. The third kappa shape index (κ3) is 3.96. The number of methoxy groups -OCH3 is 1. The van der Waals surface area contributed by atoms with Gasteiger partial charge >= 0.3 is 0 Å². The Bertz CT molecular complexity index is 401. The number of likely N-dealkylation sites (N-methyl/N-ethyl adjacent to an activating group) is 1. The number of rotatable bonds is 7. The van der Waals surface area contributed by atoms with E-state index in [1.165, 1.54) is 6.07 Å². The van der Waals surface area contributed by atoms with Crippen molar-refractivity contribution >= 4 is 0 Å². The summed E-state index contributed by atoms with van der Waals surface area (Å²) < 4.78 is 32.3. The van der Waals surface area contributed by atoms with Crippen LogP contribution in [0, 0.1) is 11.6 Å². The smallest absolute Gasteiger partial charge is 0.128 e. The second-order valence-electron chi connectivity index (χ2n) is 4.55. The Morgan fingerprint density at radius 1 is 1.37 bits per heavy atom. The van der Waals surface area contributed by atoms with Crippen LogP contribution in [-0.4, -0.2) is 37.7 Å². The first-order chi connectivity index (χ1) is 9.04. The van der Waals surface area contributed by atoms with E-state index in [0.29, 0.717) is 18.7 Å². The first-order valence-electron chi connectivity index (χ1n) is 6.44. The van der Waals surface area contributed by atoms with Crippen LogP contribution in [0.2, 0.25) is 0 Å². The van der Waals surface area contributed by atoms with Gasteiger partial charge in [0.1, 0.15) is 11.6 Å². The van der Waals surface area contributed by atoms with Crippen molar-refractivity contribution in [1.82, 2.24) is 4.90 Å². The molecule has 0 bridgehead atoms. The van der Waals surface area contributed by atoms with Gasteiger partial charge in [0.25, 0.3) is 0 Å². The summed E-state index contributed by atoms with van der Waals surface area (Å²) in [5.41, 5.74) is 6.06. The minimum Gasteiger partial charge on any atom is -0.383 e. The summed E-state index contributed by atoms with van der Waals surface area (Å²) in [7, 11) is 1.62. The third-order valence-electron chi connectivity index (χ3n) is 3.28. The Labute approximate surface area is 113 Å². The molecule has 0 aliphatic carbocycles. The zero-order valence-electron chi connectivity index (χ0n) is 11.7. The Balaban J connectivity index is 3.06. The van der Waals surface area contributed by atoms with E-state index < -0.39 is 11.6 Å². The number of hydrogen-bond acceptors (Lipinski definition) is 3. The van der Waals surface area contributed by atoms with Gasteiger partial charge in [-0.15, -0.1) is 0 Å². The molecule has 5 heteroatoms. The molecule has 0 aliphatic rings. The summed E-state index contributed by atoms with van der Waals surface area (Å²) in [6.45, 7) is 5.37. The van der Waals surface area contributed by atoms with Gasteiger partial charge in [-0.3, -0.25) is 4.90 Å². The highest BCUT2D eigenvalue weighted by Crippen LogP contribution is 2.25. The lowest BCUT2D eigenvalue weighted by molar-refractivity contribution is 0.0739. The van der Waals surface area contributed by atoms with Crippen LogP contribution in [-0.2, 0) is 4.74 Å². The monoisotopic (exact) mass is 272 g/mol. The van der Waals surface area contributed by atoms with E-state index in [-0.39, 0.29) is 18.6 Å². The molecule has 19 heavy (non-hydrogen) atoms. The minimum atomic E-state index is -0.453. The number of nitrogens with zero attached hydrogens (tertiary/aromatic N) is 1. The van der Waals surface area contributed by atoms with Crippen LogP contribution in [0.5, 0.6) is 0 Å². The molecule has 1 aromatic rings. The molecular formula is C14H22F2N2O. The van der Waals surface area contributed by atoms with Crippen LogP contribution >= 0.6 is 0 Å². The molecule has 0 spiro atoms. The molecule has 2 N–H and O–H groups in total. The summed E-state index contributed by atoms with van der Waals surface area (Å²) in [6.07, 6.45) is 0. The van der Waals surface area contributed by atoms with Gasteiger partial charge < -0.3 is 10.5 Å². The maximum Gasteiger partial charge on any atom is 0.128 e. The van der Waals surface area contributed by atoms with Crippen molar-refractivity contribution in [3.05, 3.63) is 35.4 Å². The lowest BCUT2D eigenvalue weighted by Crippen LogP contribution is -2.42. The zero-order valence-corrected chi connectivity index (χ0v) is 11.7. The predicted molar refractivity (Wildman–Crippen MR) is 71.9 cm³/mol.